The van der Waals surface area contributed by atoms with Crippen LogP contribution in [0.25, 0.3) is 11.1 Å². The summed E-state index contributed by atoms with van der Waals surface area (Å²) in [5.41, 5.74) is 3.03. The highest BCUT2D eigenvalue weighted by atomic mass is 19.4. The van der Waals surface area contributed by atoms with Crippen molar-refractivity contribution < 1.29 is 32.6 Å². The Labute approximate surface area is 229 Å². The average Bonchev–Trinajstić information content (AvgIpc) is 2.97. The topological polar surface area (TPSA) is 66.8 Å². The van der Waals surface area contributed by atoms with E-state index in [0.29, 0.717) is 36.4 Å². The van der Waals surface area contributed by atoms with Gasteiger partial charge in [-0.2, -0.15) is 13.2 Å². The van der Waals surface area contributed by atoms with Crippen molar-refractivity contribution >= 4 is 11.9 Å². The summed E-state index contributed by atoms with van der Waals surface area (Å²) in [5, 5.41) is 9.89. The molecule has 1 atom stereocenters. The zero-order valence-electron chi connectivity index (χ0n) is 21.4. The molecule has 0 bridgehead atoms. The van der Waals surface area contributed by atoms with Gasteiger partial charge in [0.1, 0.15) is 5.75 Å². The molecular formula is C32H26F3NO4. The minimum atomic E-state index is -4.45. The van der Waals surface area contributed by atoms with Crippen LogP contribution in [0.4, 0.5) is 13.2 Å². The first-order valence-corrected chi connectivity index (χ1v) is 12.8. The molecule has 8 heteroatoms. The number of nitrogens with zero attached hydrogens (tertiary/aromatic N) is 1. The Balaban J connectivity index is 1.30. The molecule has 0 saturated heterocycles. The van der Waals surface area contributed by atoms with Crippen molar-refractivity contribution in [3.63, 3.8) is 0 Å². The van der Waals surface area contributed by atoms with Crippen molar-refractivity contribution in [3.05, 3.63) is 125 Å². The molecule has 1 amide bonds. The molecule has 0 aromatic heterocycles. The first-order chi connectivity index (χ1) is 19.2. The molecule has 0 radical (unpaired) electrons. The lowest BCUT2D eigenvalue weighted by Gasteiger charge is -2.31. The Morgan fingerprint density at radius 2 is 1.57 bits per heavy atom. The third-order valence-electron chi connectivity index (χ3n) is 7.07. The third-order valence-corrected chi connectivity index (χ3v) is 7.07. The number of esters is 1. The van der Waals surface area contributed by atoms with E-state index in [2.05, 4.69) is 0 Å². The smallest absolute Gasteiger partial charge is 0.416 e. The van der Waals surface area contributed by atoms with Crippen molar-refractivity contribution in [1.29, 1.82) is 0 Å². The van der Waals surface area contributed by atoms with Gasteiger partial charge < -0.3 is 14.7 Å². The number of fused-ring (bicyclic) bond motifs is 1. The number of carbonyl (C=O) groups excluding carboxylic acids is 2. The Kier molecular flexibility index (Phi) is 7.71. The molecule has 4 aromatic carbocycles. The standard InChI is InChI=1S/C32H26F3NO4/c33-32(34,35)25-13-10-22(11-14-25)27-8-4-5-9-28(27)31(39)40-26-15-12-24-19-36(17-16-23(24)18-26)30(38)29(20-37)21-6-2-1-3-7-21/h1-15,18,29,37H,16-17,19-20H2. The van der Waals surface area contributed by atoms with Gasteiger partial charge >= 0.3 is 12.1 Å². The molecule has 5 nitrogen and oxygen atoms in total. The van der Waals surface area contributed by atoms with Crippen LogP contribution in [0.5, 0.6) is 5.75 Å². The quantitative estimate of drug-likeness (QED) is 0.230. The van der Waals surface area contributed by atoms with E-state index < -0.39 is 23.6 Å². The van der Waals surface area contributed by atoms with Gasteiger partial charge in [-0.05, 0) is 64.6 Å². The molecular weight excluding hydrogens is 519 g/mol. The summed E-state index contributed by atoms with van der Waals surface area (Å²) in [4.78, 5) is 28.0. The number of hydrogen-bond acceptors (Lipinski definition) is 4. The number of hydrogen-bond donors (Lipinski definition) is 1. The van der Waals surface area contributed by atoms with Crippen LogP contribution >= 0.6 is 0 Å². The van der Waals surface area contributed by atoms with Crippen molar-refractivity contribution in [3.8, 4) is 16.9 Å². The van der Waals surface area contributed by atoms with Crippen molar-refractivity contribution in [2.45, 2.75) is 25.1 Å². The monoisotopic (exact) mass is 545 g/mol. The molecule has 1 heterocycles. The van der Waals surface area contributed by atoms with Gasteiger partial charge in [-0.15, -0.1) is 0 Å². The molecule has 1 aliphatic rings. The van der Waals surface area contributed by atoms with Gasteiger partial charge in [0.2, 0.25) is 5.91 Å². The second-order valence-corrected chi connectivity index (χ2v) is 9.60. The molecule has 1 unspecified atom stereocenters. The Morgan fingerprint density at radius 3 is 2.27 bits per heavy atom. The fourth-order valence-electron chi connectivity index (χ4n) is 4.93. The van der Waals surface area contributed by atoms with Gasteiger partial charge in [-0.3, -0.25) is 4.79 Å². The molecule has 0 fully saturated rings. The summed E-state index contributed by atoms with van der Waals surface area (Å²) < 4.78 is 44.6. The van der Waals surface area contributed by atoms with Crippen molar-refractivity contribution in [2.75, 3.05) is 13.2 Å². The highest BCUT2D eigenvalue weighted by Crippen LogP contribution is 2.33. The summed E-state index contributed by atoms with van der Waals surface area (Å²) in [6, 6.07) is 25.7. The fourth-order valence-corrected chi connectivity index (χ4v) is 4.93. The zero-order valence-corrected chi connectivity index (χ0v) is 21.4. The number of amides is 1. The molecule has 5 rings (SSSR count). The zero-order chi connectivity index (χ0) is 28.3. The fraction of sp³-hybridized carbons (Fsp3) is 0.188. The number of aliphatic hydroxyl groups is 1. The van der Waals surface area contributed by atoms with E-state index in [0.717, 1.165) is 28.8 Å². The van der Waals surface area contributed by atoms with Crippen LogP contribution in [-0.4, -0.2) is 35.0 Å². The van der Waals surface area contributed by atoms with Crippen LogP contribution < -0.4 is 4.74 Å². The van der Waals surface area contributed by atoms with E-state index in [1.165, 1.54) is 12.1 Å². The van der Waals surface area contributed by atoms with Gasteiger partial charge in [0.25, 0.3) is 0 Å². The van der Waals surface area contributed by atoms with Crippen LogP contribution in [0.2, 0.25) is 0 Å². The number of carbonyl (C=O) groups is 2. The Hall–Kier alpha value is -4.43. The van der Waals surface area contributed by atoms with Gasteiger partial charge in [0.05, 0.1) is 23.7 Å². The van der Waals surface area contributed by atoms with Gasteiger partial charge in [0.15, 0.2) is 0 Å². The highest BCUT2D eigenvalue weighted by Gasteiger charge is 2.30. The van der Waals surface area contributed by atoms with Crippen LogP contribution in [0.1, 0.15) is 38.5 Å². The largest absolute Gasteiger partial charge is 0.423 e. The van der Waals surface area contributed by atoms with Crippen molar-refractivity contribution in [1.82, 2.24) is 4.90 Å². The lowest BCUT2D eigenvalue weighted by molar-refractivity contribution is -0.137. The number of benzene rings is 4. The van der Waals surface area contributed by atoms with E-state index in [-0.39, 0.29) is 18.1 Å². The van der Waals surface area contributed by atoms with Gasteiger partial charge in [0, 0.05) is 13.1 Å². The minimum absolute atomic E-state index is 0.144. The maximum Gasteiger partial charge on any atom is 0.416 e. The first-order valence-electron chi connectivity index (χ1n) is 12.8. The van der Waals surface area contributed by atoms with Crippen molar-refractivity contribution in [2.24, 2.45) is 0 Å². The number of rotatable bonds is 6. The lowest BCUT2D eigenvalue weighted by atomic mass is 9.95. The molecule has 204 valence electrons. The minimum Gasteiger partial charge on any atom is -0.423 e. The van der Waals surface area contributed by atoms with E-state index in [1.54, 1.807) is 41.3 Å². The Morgan fingerprint density at radius 1 is 0.875 bits per heavy atom. The van der Waals surface area contributed by atoms with Crippen LogP contribution in [-0.2, 0) is 23.9 Å². The molecule has 4 aromatic rings. The maximum atomic E-state index is 13.2. The normalized spacial score (nSPS) is 13.8. The SMILES string of the molecule is O=C(Oc1ccc2c(c1)CCN(C(=O)C(CO)c1ccccc1)C2)c1ccccc1-c1ccc(C(F)(F)F)cc1. The van der Waals surface area contributed by atoms with Crippen LogP contribution in [0, 0.1) is 0 Å². The highest BCUT2D eigenvalue weighted by molar-refractivity contribution is 5.98. The molecule has 1 aliphatic heterocycles. The number of alkyl halides is 3. The van der Waals surface area contributed by atoms with Gasteiger partial charge in [-0.25, -0.2) is 4.79 Å². The molecule has 0 spiro atoms. The molecule has 0 saturated carbocycles. The number of aliphatic hydroxyl groups excluding tert-OH is 1. The average molecular weight is 546 g/mol. The maximum absolute atomic E-state index is 13.2. The number of halogens is 3. The summed E-state index contributed by atoms with van der Waals surface area (Å²) in [5.74, 6) is -1.07. The van der Waals surface area contributed by atoms with Gasteiger partial charge in [-0.1, -0.05) is 66.7 Å². The second kappa shape index (κ2) is 11.4. The predicted octanol–water partition coefficient (Wildman–Crippen LogP) is 6.25. The summed E-state index contributed by atoms with van der Waals surface area (Å²) in [6.45, 7) is 0.556. The summed E-state index contributed by atoms with van der Waals surface area (Å²) >= 11 is 0. The summed E-state index contributed by atoms with van der Waals surface area (Å²) in [6.07, 6.45) is -3.89. The Bertz CT molecular complexity index is 1520. The van der Waals surface area contributed by atoms with E-state index in [4.69, 9.17) is 4.74 Å². The first kappa shape index (κ1) is 27.1. The molecule has 0 aliphatic carbocycles. The lowest BCUT2D eigenvalue weighted by Crippen LogP contribution is -2.40. The molecule has 1 N–H and O–H groups in total. The van der Waals surface area contributed by atoms with E-state index >= 15 is 0 Å². The predicted molar refractivity (Wildman–Crippen MR) is 144 cm³/mol. The van der Waals surface area contributed by atoms with E-state index in [1.807, 2.05) is 36.4 Å². The second-order valence-electron chi connectivity index (χ2n) is 9.60. The third kappa shape index (κ3) is 5.77. The number of ether oxygens (including phenoxy) is 1. The molecule has 40 heavy (non-hydrogen) atoms. The summed E-state index contributed by atoms with van der Waals surface area (Å²) in [7, 11) is 0. The van der Waals surface area contributed by atoms with Crippen LogP contribution in [0.15, 0.2) is 97.1 Å². The van der Waals surface area contributed by atoms with Crippen LogP contribution in [0.3, 0.4) is 0 Å². The van der Waals surface area contributed by atoms with E-state index in [9.17, 15) is 27.9 Å².